The lowest BCUT2D eigenvalue weighted by atomic mass is 10.2. The summed E-state index contributed by atoms with van der Waals surface area (Å²) in [4.78, 5) is 24.0. The van der Waals surface area contributed by atoms with Crippen molar-refractivity contribution in [2.24, 2.45) is 0 Å². The number of amides is 1. The van der Waals surface area contributed by atoms with Crippen molar-refractivity contribution in [1.82, 2.24) is 4.31 Å². The topological polar surface area (TPSA) is 92.8 Å². The molecule has 11 heteroatoms. The molecular formula is C19H17Cl2FN2O5S. The maximum Gasteiger partial charge on any atom is 0.338 e. The second-order valence-electron chi connectivity index (χ2n) is 6.51. The van der Waals surface area contributed by atoms with Gasteiger partial charge in [0, 0.05) is 18.8 Å². The molecule has 1 heterocycles. The van der Waals surface area contributed by atoms with Crippen molar-refractivity contribution < 1.29 is 27.1 Å². The second kappa shape index (κ2) is 9.30. The van der Waals surface area contributed by atoms with Crippen LogP contribution in [0.25, 0.3) is 0 Å². The van der Waals surface area contributed by atoms with E-state index in [0.717, 1.165) is 25.0 Å². The second-order valence-corrected chi connectivity index (χ2v) is 9.23. The van der Waals surface area contributed by atoms with Crippen LogP contribution in [0, 0.1) is 5.82 Å². The molecule has 7 nitrogen and oxygen atoms in total. The maximum atomic E-state index is 13.2. The highest BCUT2D eigenvalue weighted by atomic mass is 35.5. The quantitative estimate of drug-likeness (QED) is 0.644. The first-order valence-electron chi connectivity index (χ1n) is 8.90. The van der Waals surface area contributed by atoms with Crippen LogP contribution in [0.2, 0.25) is 10.0 Å². The molecule has 160 valence electrons. The average Bonchev–Trinajstić information content (AvgIpc) is 3.25. The first kappa shape index (κ1) is 22.5. The average molecular weight is 475 g/mol. The third-order valence-corrected chi connectivity index (χ3v) is 7.06. The summed E-state index contributed by atoms with van der Waals surface area (Å²) < 4.78 is 44.9. The Hall–Kier alpha value is -2.20. The summed E-state index contributed by atoms with van der Waals surface area (Å²) in [5.41, 5.74) is 0.169. The highest BCUT2D eigenvalue weighted by molar-refractivity contribution is 7.89. The smallest absolute Gasteiger partial charge is 0.338 e. The largest absolute Gasteiger partial charge is 0.452 e. The molecule has 2 aromatic carbocycles. The van der Waals surface area contributed by atoms with Crippen molar-refractivity contribution in [2.75, 3.05) is 25.0 Å². The molecule has 3 rings (SSSR count). The summed E-state index contributed by atoms with van der Waals surface area (Å²) in [6.45, 7) is 0.145. The van der Waals surface area contributed by atoms with E-state index in [1.54, 1.807) is 0 Å². The minimum atomic E-state index is -3.83. The van der Waals surface area contributed by atoms with Gasteiger partial charge in [-0.3, -0.25) is 4.79 Å². The predicted molar refractivity (Wildman–Crippen MR) is 110 cm³/mol. The van der Waals surface area contributed by atoms with Gasteiger partial charge in [0.05, 0.1) is 15.6 Å². The number of hydrogen-bond donors (Lipinski definition) is 1. The third-order valence-electron chi connectivity index (χ3n) is 4.39. The van der Waals surface area contributed by atoms with E-state index in [4.69, 9.17) is 27.9 Å². The Morgan fingerprint density at radius 3 is 2.43 bits per heavy atom. The van der Waals surface area contributed by atoms with Crippen molar-refractivity contribution in [3.63, 3.8) is 0 Å². The third kappa shape index (κ3) is 5.10. The number of carbonyl (C=O) groups excluding carboxylic acids is 2. The van der Waals surface area contributed by atoms with Gasteiger partial charge < -0.3 is 10.1 Å². The Morgan fingerprint density at radius 2 is 1.77 bits per heavy atom. The molecule has 2 aromatic rings. The summed E-state index contributed by atoms with van der Waals surface area (Å²) in [7, 11) is -3.83. The van der Waals surface area contributed by atoms with Gasteiger partial charge in [-0.2, -0.15) is 4.31 Å². The van der Waals surface area contributed by atoms with Crippen LogP contribution < -0.4 is 5.32 Å². The summed E-state index contributed by atoms with van der Waals surface area (Å²) in [6.07, 6.45) is 1.51. The predicted octanol–water partition coefficient (Wildman–Crippen LogP) is 3.71. The van der Waals surface area contributed by atoms with Crippen LogP contribution >= 0.6 is 23.2 Å². The number of ether oxygens (including phenoxy) is 1. The van der Waals surface area contributed by atoms with E-state index >= 15 is 0 Å². The number of halogens is 3. The molecule has 0 saturated carbocycles. The zero-order chi connectivity index (χ0) is 21.9. The number of esters is 1. The zero-order valence-corrected chi connectivity index (χ0v) is 17.9. The molecule has 1 fully saturated rings. The van der Waals surface area contributed by atoms with Gasteiger partial charge in [-0.25, -0.2) is 17.6 Å². The monoisotopic (exact) mass is 474 g/mol. The molecule has 1 amide bonds. The fraction of sp³-hybridized carbons (Fsp3) is 0.263. The number of rotatable bonds is 6. The van der Waals surface area contributed by atoms with Crippen molar-refractivity contribution >= 4 is 50.8 Å². The minimum Gasteiger partial charge on any atom is -0.452 e. The van der Waals surface area contributed by atoms with Crippen LogP contribution in [0.3, 0.4) is 0 Å². The Kier molecular flexibility index (Phi) is 6.97. The molecule has 0 aromatic heterocycles. The molecule has 1 aliphatic rings. The molecule has 30 heavy (non-hydrogen) atoms. The normalized spacial score (nSPS) is 14.5. The van der Waals surface area contributed by atoms with E-state index < -0.39 is 34.3 Å². The van der Waals surface area contributed by atoms with E-state index in [1.165, 1.54) is 28.6 Å². The Balaban J connectivity index is 1.66. The zero-order valence-electron chi connectivity index (χ0n) is 15.5. The SMILES string of the molecule is O=C(COC(=O)c1ccc(Cl)c(S(=O)(=O)N2CCCC2)c1)Nc1ccc(F)c(Cl)c1. The van der Waals surface area contributed by atoms with Crippen LogP contribution in [0.1, 0.15) is 23.2 Å². The molecule has 0 radical (unpaired) electrons. The van der Waals surface area contributed by atoms with Gasteiger partial charge in [0.1, 0.15) is 10.7 Å². The summed E-state index contributed by atoms with van der Waals surface area (Å²) in [6, 6.07) is 7.34. The molecule has 0 bridgehead atoms. The van der Waals surface area contributed by atoms with E-state index in [1.807, 2.05) is 0 Å². The lowest BCUT2D eigenvalue weighted by molar-refractivity contribution is -0.119. The van der Waals surface area contributed by atoms with Crippen LogP contribution in [0.4, 0.5) is 10.1 Å². The number of nitrogens with zero attached hydrogens (tertiary/aromatic N) is 1. The Bertz CT molecular complexity index is 1090. The van der Waals surface area contributed by atoms with E-state index in [2.05, 4.69) is 5.32 Å². The van der Waals surface area contributed by atoms with Gasteiger partial charge in [0.15, 0.2) is 6.61 Å². The van der Waals surface area contributed by atoms with E-state index in [9.17, 15) is 22.4 Å². The fourth-order valence-corrected chi connectivity index (χ4v) is 5.08. The van der Waals surface area contributed by atoms with Gasteiger partial charge >= 0.3 is 5.97 Å². The van der Waals surface area contributed by atoms with Crippen molar-refractivity contribution in [3.05, 3.63) is 57.8 Å². The van der Waals surface area contributed by atoms with Crippen LogP contribution in [0.15, 0.2) is 41.3 Å². The number of nitrogens with one attached hydrogen (secondary N) is 1. The van der Waals surface area contributed by atoms with E-state index in [-0.39, 0.29) is 26.2 Å². The first-order valence-corrected chi connectivity index (χ1v) is 11.1. The van der Waals surface area contributed by atoms with Gasteiger partial charge in [-0.15, -0.1) is 0 Å². The highest BCUT2D eigenvalue weighted by Gasteiger charge is 2.30. The van der Waals surface area contributed by atoms with E-state index in [0.29, 0.717) is 13.1 Å². The summed E-state index contributed by atoms with van der Waals surface area (Å²) in [5.74, 6) is -2.20. The summed E-state index contributed by atoms with van der Waals surface area (Å²) >= 11 is 11.7. The molecule has 1 saturated heterocycles. The van der Waals surface area contributed by atoms with Gasteiger partial charge in [0.25, 0.3) is 5.91 Å². The molecule has 1 aliphatic heterocycles. The van der Waals surface area contributed by atoms with Crippen molar-refractivity contribution in [3.8, 4) is 0 Å². The molecule has 0 aliphatic carbocycles. The number of benzene rings is 2. The lowest BCUT2D eigenvalue weighted by Crippen LogP contribution is -2.28. The summed E-state index contributed by atoms with van der Waals surface area (Å²) in [5, 5.41) is 2.23. The Labute approximate surface area is 182 Å². The minimum absolute atomic E-state index is 0.00983. The van der Waals surface area contributed by atoms with Gasteiger partial charge in [-0.05, 0) is 49.2 Å². The molecular weight excluding hydrogens is 458 g/mol. The van der Waals surface area contributed by atoms with Gasteiger partial charge in [0.2, 0.25) is 10.0 Å². The highest BCUT2D eigenvalue weighted by Crippen LogP contribution is 2.28. The molecule has 0 atom stereocenters. The number of carbonyl (C=O) groups is 2. The van der Waals surface area contributed by atoms with Gasteiger partial charge in [-0.1, -0.05) is 23.2 Å². The lowest BCUT2D eigenvalue weighted by Gasteiger charge is -2.17. The first-order chi connectivity index (χ1) is 14.2. The molecule has 0 spiro atoms. The number of anilines is 1. The van der Waals surface area contributed by atoms with Crippen LogP contribution in [-0.4, -0.2) is 44.3 Å². The van der Waals surface area contributed by atoms with Crippen molar-refractivity contribution in [1.29, 1.82) is 0 Å². The standard InChI is InChI=1S/C19H17Cl2FN2O5S/c20-14-5-3-12(9-17(14)30(27,28)24-7-1-2-8-24)19(26)29-11-18(25)23-13-4-6-16(22)15(21)10-13/h3-6,9-10H,1-2,7-8,11H2,(H,23,25). The molecule has 0 unspecified atom stereocenters. The number of sulfonamides is 1. The van der Waals surface area contributed by atoms with Crippen molar-refractivity contribution in [2.45, 2.75) is 17.7 Å². The maximum absolute atomic E-state index is 13.2. The van der Waals surface area contributed by atoms with Crippen LogP contribution in [-0.2, 0) is 19.6 Å². The molecule has 1 N–H and O–H groups in total. The van der Waals surface area contributed by atoms with Crippen LogP contribution in [0.5, 0.6) is 0 Å². The Morgan fingerprint density at radius 1 is 1.07 bits per heavy atom. The number of hydrogen-bond acceptors (Lipinski definition) is 5. The fourth-order valence-electron chi connectivity index (χ4n) is 2.88.